The van der Waals surface area contributed by atoms with Crippen molar-refractivity contribution in [1.82, 2.24) is 0 Å². The van der Waals surface area contributed by atoms with Crippen molar-refractivity contribution in [2.45, 2.75) is 70.6 Å². The van der Waals surface area contributed by atoms with Crippen LogP contribution in [0.4, 0.5) is 0 Å². The van der Waals surface area contributed by atoms with Gasteiger partial charge in [0.25, 0.3) is 0 Å². The maximum absolute atomic E-state index is 6.89. The first kappa shape index (κ1) is 22.9. The minimum absolute atomic E-state index is 0.186. The van der Waals surface area contributed by atoms with Crippen molar-refractivity contribution in [1.29, 1.82) is 0 Å². The molecule has 0 radical (unpaired) electrons. The Morgan fingerprint density at radius 2 is 1.32 bits per heavy atom. The van der Waals surface area contributed by atoms with Gasteiger partial charge in [0.15, 0.2) is 8.32 Å². The van der Waals surface area contributed by atoms with Gasteiger partial charge in [-0.2, -0.15) is 0 Å². The second-order valence-corrected chi connectivity index (χ2v) is 17.9. The first-order chi connectivity index (χ1) is 13.5. The van der Waals surface area contributed by atoms with Crippen molar-refractivity contribution in [3.63, 3.8) is 0 Å². The maximum atomic E-state index is 6.89. The highest BCUT2D eigenvalue weighted by Crippen LogP contribution is 2.32. The van der Waals surface area contributed by atoms with Crippen LogP contribution in [-0.2, 0) is 4.43 Å². The molecule has 0 N–H and O–H groups in total. The van der Waals surface area contributed by atoms with Crippen LogP contribution in [-0.4, -0.2) is 16.4 Å². The Hall–Kier alpha value is -1.43. The average molecular weight is 411 g/mol. The summed E-state index contributed by atoms with van der Waals surface area (Å²) >= 11 is 0. The highest BCUT2D eigenvalue weighted by atomic mass is 28.4. The molecule has 0 aliphatic rings. The van der Waals surface area contributed by atoms with Crippen LogP contribution in [0.15, 0.2) is 72.8 Å². The van der Waals surface area contributed by atoms with Gasteiger partial charge in [0.2, 0.25) is 0 Å². The second-order valence-electron chi connectivity index (χ2n) is 8.42. The van der Waals surface area contributed by atoms with Crippen LogP contribution < -0.4 is 5.19 Å². The third-order valence-corrected chi connectivity index (χ3v) is 14.0. The molecule has 2 rings (SSSR count). The molecule has 3 heteroatoms. The monoisotopic (exact) mass is 410 g/mol. The van der Waals surface area contributed by atoms with Gasteiger partial charge in [0.05, 0.1) is 14.2 Å². The molecular formula is C25H38OSi2. The number of rotatable bonds is 11. The molecule has 0 amide bonds. The zero-order valence-corrected chi connectivity index (χ0v) is 20.4. The zero-order chi connectivity index (χ0) is 20.5. The van der Waals surface area contributed by atoms with Crippen LogP contribution in [0.1, 0.15) is 38.9 Å². The van der Waals surface area contributed by atoms with Crippen molar-refractivity contribution in [3.8, 4) is 0 Å². The summed E-state index contributed by atoms with van der Waals surface area (Å²) in [5.74, 6) is 0. The third kappa shape index (κ3) is 6.30. The van der Waals surface area contributed by atoms with Gasteiger partial charge < -0.3 is 4.43 Å². The van der Waals surface area contributed by atoms with Crippen molar-refractivity contribution >= 4 is 21.6 Å². The average Bonchev–Trinajstić information content (AvgIpc) is 2.75. The zero-order valence-electron chi connectivity index (χ0n) is 18.4. The minimum Gasteiger partial charge on any atom is -0.410 e. The summed E-state index contributed by atoms with van der Waals surface area (Å²) in [5, 5.41) is 1.53. The van der Waals surface area contributed by atoms with Gasteiger partial charge in [-0.1, -0.05) is 112 Å². The second kappa shape index (κ2) is 10.9. The van der Waals surface area contributed by atoms with E-state index in [1.807, 2.05) is 0 Å². The van der Waals surface area contributed by atoms with Gasteiger partial charge in [-0.3, -0.25) is 0 Å². The van der Waals surface area contributed by atoms with Gasteiger partial charge in [-0.25, -0.2) is 0 Å². The summed E-state index contributed by atoms with van der Waals surface area (Å²) < 4.78 is 6.89. The van der Waals surface area contributed by atoms with E-state index < -0.39 is 16.4 Å². The Bertz CT molecular complexity index is 698. The Morgan fingerprint density at radius 3 is 1.86 bits per heavy atom. The van der Waals surface area contributed by atoms with E-state index in [1.54, 1.807) is 0 Å². The first-order valence-electron chi connectivity index (χ1n) is 10.9. The molecule has 2 aromatic rings. The summed E-state index contributed by atoms with van der Waals surface area (Å²) in [7, 11) is -3.06. The van der Waals surface area contributed by atoms with Crippen molar-refractivity contribution in [2.24, 2.45) is 0 Å². The molecule has 1 nitrogen and oxygen atoms in total. The van der Waals surface area contributed by atoms with Crippen molar-refractivity contribution < 1.29 is 4.43 Å². The highest BCUT2D eigenvalue weighted by molar-refractivity contribution is 6.90. The number of hydrogen-bond donors (Lipinski definition) is 0. The fourth-order valence-corrected chi connectivity index (χ4v) is 8.75. The fourth-order valence-electron chi connectivity index (χ4n) is 3.83. The molecule has 152 valence electrons. The molecule has 0 aliphatic carbocycles. The Balaban J connectivity index is 2.09. The largest absolute Gasteiger partial charge is 0.410 e. The molecule has 0 fully saturated rings. The normalized spacial score (nSPS) is 13.8. The smallest absolute Gasteiger partial charge is 0.192 e. The molecule has 1 atom stereocenters. The lowest BCUT2D eigenvalue weighted by atomic mass is 10.1. The molecule has 0 heterocycles. The predicted molar refractivity (Wildman–Crippen MR) is 130 cm³/mol. The summed E-state index contributed by atoms with van der Waals surface area (Å²) in [6, 6.07) is 26.6. The molecule has 0 saturated carbocycles. The lowest BCUT2D eigenvalue weighted by Crippen LogP contribution is -2.40. The van der Waals surface area contributed by atoms with Gasteiger partial charge in [-0.15, -0.1) is 0 Å². The van der Waals surface area contributed by atoms with Crippen LogP contribution in [0, 0.1) is 0 Å². The SMILES string of the molecule is CC[Si](CC)(CC)OC(C/C=C/C[Si](C)(C)c1ccccc1)c1ccccc1. The van der Waals surface area contributed by atoms with Crippen LogP contribution >= 0.6 is 0 Å². The lowest BCUT2D eigenvalue weighted by molar-refractivity contribution is 0.193. The van der Waals surface area contributed by atoms with Crippen molar-refractivity contribution in [3.05, 3.63) is 78.4 Å². The van der Waals surface area contributed by atoms with Gasteiger partial charge in [0, 0.05) is 0 Å². The van der Waals surface area contributed by atoms with E-state index in [4.69, 9.17) is 4.43 Å². The molecule has 0 aromatic heterocycles. The Morgan fingerprint density at radius 1 is 0.786 bits per heavy atom. The lowest BCUT2D eigenvalue weighted by Gasteiger charge is -2.33. The third-order valence-electron chi connectivity index (χ3n) is 6.20. The summed E-state index contributed by atoms with van der Waals surface area (Å²) in [5.41, 5.74) is 1.32. The van der Waals surface area contributed by atoms with E-state index in [2.05, 4.69) is 107 Å². The van der Waals surface area contributed by atoms with Gasteiger partial charge >= 0.3 is 0 Å². The first-order valence-corrected chi connectivity index (χ1v) is 16.6. The van der Waals surface area contributed by atoms with Crippen LogP contribution in [0.2, 0.25) is 37.3 Å². The van der Waals surface area contributed by atoms with E-state index in [0.29, 0.717) is 0 Å². The molecule has 2 aromatic carbocycles. The number of hydrogen-bond acceptors (Lipinski definition) is 1. The molecule has 28 heavy (non-hydrogen) atoms. The van der Waals surface area contributed by atoms with Crippen LogP contribution in [0.3, 0.4) is 0 Å². The maximum Gasteiger partial charge on any atom is 0.192 e. The quantitative estimate of drug-likeness (QED) is 0.279. The molecule has 0 saturated heterocycles. The number of benzene rings is 2. The van der Waals surface area contributed by atoms with E-state index in [9.17, 15) is 0 Å². The Labute approximate surface area is 175 Å². The van der Waals surface area contributed by atoms with Gasteiger partial charge in [0.1, 0.15) is 0 Å². The minimum atomic E-state index is -1.64. The van der Waals surface area contributed by atoms with Crippen LogP contribution in [0.5, 0.6) is 0 Å². The summed E-state index contributed by atoms with van der Waals surface area (Å²) in [6.45, 7) is 11.9. The number of allylic oxidation sites excluding steroid dienone is 1. The molecular weight excluding hydrogens is 372 g/mol. The standard InChI is InChI=1S/C25H38OSi2/c1-6-28(7-2,8-3)26-25(23-17-11-9-12-18-23)21-15-16-22-27(4,5)24-19-13-10-14-20-24/h9-20,25H,6-8,21-22H2,1-5H3/b16-15+. The fraction of sp³-hybridized carbons (Fsp3) is 0.440. The van der Waals surface area contributed by atoms with E-state index in [-0.39, 0.29) is 6.10 Å². The molecule has 1 unspecified atom stereocenters. The van der Waals surface area contributed by atoms with Crippen LogP contribution in [0.25, 0.3) is 0 Å². The molecule has 0 aliphatic heterocycles. The van der Waals surface area contributed by atoms with E-state index in [0.717, 1.165) is 6.42 Å². The summed E-state index contributed by atoms with van der Waals surface area (Å²) in [6.07, 6.45) is 5.93. The highest BCUT2D eigenvalue weighted by Gasteiger charge is 2.32. The molecule has 0 bridgehead atoms. The van der Waals surface area contributed by atoms with Crippen molar-refractivity contribution in [2.75, 3.05) is 0 Å². The summed E-state index contributed by atoms with van der Waals surface area (Å²) in [4.78, 5) is 0. The Kier molecular flexibility index (Phi) is 8.93. The van der Waals surface area contributed by atoms with E-state index in [1.165, 1.54) is 34.9 Å². The molecule has 0 spiro atoms. The predicted octanol–water partition coefficient (Wildman–Crippen LogP) is 7.31. The topological polar surface area (TPSA) is 9.23 Å². The van der Waals surface area contributed by atoms with E-state index >= 15 is 0 Å². The van der Waals surface area contributed by atoms with Gasteiger partial charge in [-0.05, 0) is 36.2 Å².